The molecule has 1 N–H and O–H groups in total. The number of amides is 1. The number of carbonyl (C=O) groups excluding carboxylic acids is 1. The molecule has 0 bridgehead atoms. The number of aromatic nitrogens is 3. The van der Waals surface area contributed by atoms with Crippen LogP contribution >= 0.6 is 0 Å². The van der Waals surface area contributed by atoms with Crippen molar-refractivity contribution in [2.24, 2.45) is 0 Å². The molecular weight excluding hydrogens is 366 g/mol. The van der Waals surface area contributed by atoms with Crippen LogP contribution in [0.5, 0.6) is 0 Å². The Morgan fingerprint density at radius 1 is 1.17 bits per heavy atom. The Morgan fingerprint density at radius 3 is 2.76 bits per heavy atom. The van der Waals surface area contributed by atoms with Crippen molar-refractivity contribution >= 4 is 22.6 Å². The molecule has 0 radical (unpaired) electrons. The van der Waals surface area contributed by atoms with Gasteiger partial charge in [-0.25, -0.2) is 9.97 Å². The highest BCUT2D eigenvalue weighted by Crippen LogP contribution is 2.26. The predicted molar refractivity (Wildman–Crippen MR) is 112 cm³/mol. The summed E-state index contributed by atoms with van der Waals surface area (Å²) in [4.78, 5) is 27.8. The molecule has 1 aliphatic rings. The van der Waals surface area contributed by atoms with Crippen molar-refractivity contribution in [3.8, 4) is 11.4 Å². The first-order chi connectivity index (χ1) is 14.2. The molecule has 2 aromatic heterocycles. The van der Waals surface area contributed by atoms with E-state index in [1.54, 1.807) is 19.5 Å². The van der Waals surface area contributed by atoms with Gasteiger partial charge in [0.1, 0.15) is 5.82 Å². The minimum Gasteiger partial charge on any atom is -0.384 e. The molecular formula is C22H25N5O2. The number of para-hydroxylation sites is 1. The van der Waals surface area contributed by atoms with Crippen molar-refractivity contribution in [2.75, 3.05) is 32.1 Å². The van der Waals surface area contributed by atoms with Crippen LogP contribution in [0.3, 0.4) is 0 Å². The van der Waals surface area contributed by atoms with Gasteiger partial charge in [0, 0.05) is 49.6 Å². The number of benzene rings is 1. The number of likely N-dealkylation sites (tertiary alicyclic amines) is 1. The molecule has 0 saturated carbocycles. The summed E-state index contributed by atoms with van der Waals surface area (Å²) in [6.07, 6.45) is 5.74. The Labute approximate surface area is 170 Å². The summed E-state index contributed by atoms with van der Waals surface area (Å²) >= 11 is 0. The zero-order valence-corrected chi connectivity index (χ0v) is 16.5. The Kier molecular flexibility index (Phi) is 5.95. The van der Waals surface area contributed by atoms with Crippen LogP contribution in [0.4, 0.5) is 5.82 Å². The van der Waals surface area contributed by atoms with Crippen molar-refractivity contribution in [1.29, 1.82) is 0 Å². The Hall–Kier alpha value is -3.06. The highest BCUT2D eigenvalue weighted by atomic mass is 16.5. The highest BCUT2D eigenvalue weighted by Gasteiger charge is 2.23. The second-order valence-electron chi connectivity index (χ2n) is 7.20. The zero-order chi connectivity index (χ0) is 20.1. The normalized spacial score (nSPS) is 14.9. The number of rotatable bonds is 6. The Bertz CT molecular complexity index is 971. The van der Waals surface area contributed by atoms with Gasteiger partial charge < -0.3 is 15.0 Å². The average molecular weight is 391 g/mol. The zero-order valence-electron chi connectivity index (χ0n) is 16.5. The SMILES string of the molecule is COCCC(=O)N1CCC(Nc2nc(-c3cccnc3)nc3ccccc23)CC1. The molecule has 0 spiro atoms. The van der Waals surface area contributed by atoms with Crippen molar-refractivity contribution in [2.45, 2.75) is 25.3 Å². The molecule has 1 aliphatic heterocycles. The lowest BCUT2D eigenvalue weighted by Gasteiger charge is -2.33. The van der Waals surface area contributed by atoms with Gasteiger partial charge in [0.15, 0.2) is 5.82 Å². The van der Waals surface area contributed by atoms with Crippen LogP contribution in [0.2, 0.25) is 0 Å². The van der Waals surface area contributed by atoms with Crippen LogP contribution in [0.25, 0.3) is 22.3 Å². The number of piperidine rings is 1. The molecule has 7 heteroatoms. The van der Waals surface area contributed by atoms with E-state index in [4.69, 9.17) is 14.7 Å². The quantitative estimate of drug-likeness (QED) is 0.695. The first kappa shape index (κ1) is 19.3. The molecule has 4 rings (SSSR count). The van der Waals surface area contributed by atoms with Gasteiger partial charge in [0.2, 0.25) is 5.91 Å². The van der Waals surface area contributed by atoms with Gasteiger partial charge in [0.25, 0.3) is 0 Å². The van der Waals surface area contributed by atoms with Crippen LogP contribution in [-0.2, 0) is 9.53 Å². The molecule has 0 atom stereocenters. The fraction of sp³-hybridized carbons (Fsp3) is 0.364. The lowest BCUT2D eigenvalue weighted by Crippen LogP contribution is -2.42. The monoisotopic (exact) mass is 391 g/mol. The number of methoxy groups -OCH3 is 1. The third-order valence-corrected chi connectivity index (χ3v) is 5.23. The number of hydrogen-bond acceptors (Lipinski definition) is 6. The average Bonchev–Trinajstić information content (AvgIpc) is 2.78. The van der Waals surface area contributed by atoms with Gasteiger partial charge in [-0.15, -0.1) is 0 Å². The van der Waals surface area contributed by atoms with Crippen molar-refractivity contribution in [3.63, 3.8) is 0 Å². The number of ether oxygens (including phenoxy) is 1. The van der Waals surface area contributed by atoms with E-state index in [9.17, 15) is 4.79 Å². The van der Waals surface area contributed by atoms with Gasteiger partial charge in [-0.2, -0.15) is 0 Å². The second kappa shape index (κ2) is 8.96. The molecule has 29 heavy (non-hydrogen) atoms. The summed E-state index contributed by atoms with van der Waals surface area (Å²) < 4.78 is 5.01. The van der Waals surface area contributed by atoms with Gasteiger partial charge in [-0.1, -0.05) is 12.1 Å². The van der Waals surface area contributed by atoms with E-state index in [1.807, 2.05) is 41.3 Å². The maximum Gasteiger partial charge on any atom is 0.224 e. The lowest BCUT2D eigenvalue weighted by atomic mass is 10.0. The minimum atomic E-state index is 0.164. The summed E-state index contributed by atoms with van der Waals surface area (Å²) in [6, 6.07) is 12.1. The number of anilines is 1. The third-order valence-electron chi connectivity index (χ3n) is 5.23. The van der Waals surface area contributed by atoms with Gasteiger partial charge in [-0.05, 0) is 37.1 Å². The van der Waals surface area contributed by atoms with E-state index in [1.165, 1.54) is 0 Å². The minimum absolute atomic E-state index is 0.164. The standard InChI is InChI=1S/C22H25N5O2/c1-29-14-10-20(28)27-12-8-17(9-13-27)24-22-18-6-2-3-7-19(18)25-21(26-22)16-5-4-11-23-15-16/h2-7,11,15,17H,8-10,12-14H2,1H3,(H,24,25,26). The van der Waals surface area contributed by atoms with E-state index in [2.05, 4.69) is 10.3 Å². The fourth-order valence-electron chi connectivity index (χ4n) is 3.62. The molecule has 1 aromatic carbocycles. The topological polar surface area (TPSA) is 80.2 Å². The molecule has 150 valence electrons. The predicted octanol–water partition coefficient (Wildman–Crippen LogP) is 3.13. The van der Waals surface area contributed by atoms with E-state index < -0.39 is 0 Å². The van der Waals surface area contributed by atoms with E-state index in [0.717, 1.165) is 48.2 Å². The summed E-state index contributed by atoms with van der Waals surface area (Å²) in [5.41, 5.74) is 1.79. The highest BCUT2D eigenvalue weighted by molar-refractivity contribution is 5.90. The summed E-state index contributed by atoms with van der Waals surface area (Å²) in [7, 11) is 1.62. The van der Waals surface area contributed by atoms with E-state index in [-0.39, 0.29) is 11.9 Å². The molecule has 7 nitrogen and oxygen atoms in total. The van der Waals surface area contributed by atoms with Crippen molar-refractivity contribution < 1.29 is 9.53 Å². The number of nitrogens with one attached hydrogen (secondary N) is 1. The van der Waals surface area contributed by atoms with Crippen LogP contribution in [-0.4, -0.2) is 58.6 Å². The first-order valence-electron chi connectivity index (χ1n) is 9.95. The summed E-state index contributed by atoms with van der Waals surface area (Å²) in [6.45, 7) is 1.97. The molecule has 3 aromatic rings. The number of fused-ring (bicyclic) bond motifs is 1. The lowest BCUT2D eigenvalue weighted by molar-refractivity contribution is -0.133. The van der Waals surface area contributed by atoms with Gasteiger partial charge in [0.05, 0.1) is 18.5 Å². The van der Waals surface area contributed by atoms with Crippen LogP contribution < -0.4 is 5.32 Å². The molecule has 0 unspecified atom stereocenters. The summed E-state index contributed by atoms with van der Waals surface area (Å²) in [5.74, 6) is 1.65. The van der Waals surface area contributed by atoms with Crippen molar-refractivity contribution in [1.82, 2.24) is 19.9 Å². The number of carbonyl (C=O) groups is 1. The largest absolute Gasteiger partial charge is 0.384 e. The molecule has 1 saturated heterocycles. The maximum atomic E-state index is 12.2. The first-order valence-corrected chi connectivity index (χ1v) is 9.95. The smallest absolute Gasteiger partial charge is 0.224 e. The van der Waals surface area contributed by atoms with E-state index >= 15 is 0 Å². The second-order valence-corrected chi connectivity index (χ2v) is 7.20. The van der Waals surface area contributed by atoms with Gasteiger partial charge >= 0.3 is 0 Å². The molecule has 0 aliphatic carbocycles. The number of pyridine rings is 1. The van der Waals surface area contributed by atoms with Crippen LogP contribution in [0, 0.1) is 0 Å². The van der Waals surface area contributed by atoms with Crippen LogP contribution in [0.1, 0.15) is 19.3 Å². The molecule has 1 amide bonds. The Balaban J connectivity index is 1.52. The van der Waals surface area contributed by atoms with Gasteiger partial charge in [-0.3, -0.25) is 9.78 Å². The van der Waals surface area contributed by atoms with Crippen molar-refractivity contribution in [3.05, 3.63) is 48.8 Å². The molecule has 3 heterocycles. The summed E-state index contributed by atoms with van der Waals surface area (Å²) in [5, 5.41) is 4.60. The Morgan fingerprint density at radius 2 is 2.00 bits per heavy atom. The number of hydrogen-bond donors (Lipinski definition) is 1. The molecule has 1 fully saturated rings. The fourth-order valence-corrected chi connectivity index (χ4v) is 3.62. The van der Waals surface area contributed by atoms with E-state index in [0.29, 0.717) is 18.9 Å². The third kappa shape index (κ3) is 4.51. The maximum absolute atomic E-state index is 12.2. The number of nitrogens with zero attached hydrogens (tertiary/aromatic N) is 4. The van der Waals surface area contributed by atoms with Crippen LogP contribution in [0.15, 0.2) is 48.8 Å².